The number of aliphatic carboxylic acids is 1. The maximum Gasteiger partial charge on any atom is 0.306 e. The molecule has 0 bridgehead atoms. The molecule has 2 atom stereocenters. The molecule has 0 rings (SSSR count). The van der Waals surface area contributed by atoms with E-state index in [0.29, 0.717) is 12.8 Å². The van der Waals surface area contributed by atoms with E-state index in [4.69, 9.17) is 14.2 Å². The van der Waals surface area contributed by atoms with Gasteiger partial charge in [0.2, 0.25) is 0 Å². The Bertz CT molecular complexity index is 860. The maximum atomic E-state index is 12.6. The van der Waals surface area contributed by atoms with Gasteiger partial charge in [0.1, 0.15) is 12.6 Å². The molecule has 8 heteroatoms. The average molecular weight is 650 g/mol. The smallest absolute Gasteiger partial charge is 0.306 e. The summed E-state index contributed by atoms with van der Waals surface area (Å²) in [6, 6.07) is -0.723. The molecular weight excluding hydrogens is 582 g/mol. The number of quaternary nitrogens is 1. The van der Waals surface area contributed by atoms with Crippen LogP contribution < -0.4 is 5.11 Å². The minimum Gasteiger partial charge on any atom is -0.544 e. The molecule has 0 aliphatic heterocycles. The highest BCUT2D eigenvalue weighted by molar-refractivity contribution is 5.70. The molecule has 0 N–H and O–H groups in total. The number of ether oxygens (including phenoxy) is 3. The Morgan fingerprint density at radius 1 is 0.674 bits per heavy atom. The Morgan fingerprint density at radius 2 is 1.22 bits per heavy atom. The summed E-state index contributed by atoms with van der Waals surface area (Å²) in [5, 5.41) is 11.5. The number of allylic oxidation sites excluding steroid dienone is 6. The van der Waals surface area contributed by atoms with E-state index in [0.717, 1.165) is 83.5 Å². The van der Waals surface area contributed by atoms with Gasteiger partial charge in [-0.25, -0.2) is 0 Å². The van der Waals surface area contributed by atoms with Crippen LogP contribution in [0.3, 0.4) is 0 Å². The highest BCUT2D eigenvalue weighted by Gasteiger charge is 2.25. The molecule has 0 aromatic carbocycles. The van der Waals surface area contributed by atoms with Crippen molar-refractivity contribution in [2.24, 2.45) is 0 Å². The normalized spacial score (nSPS) is 13.5. The second-order valence-electron chi connectivity index (χ2n) is 13.1. The van der Waals surface area contributed by atoms with Gasteiger partial charge < -0.3 is 28.6 Å². The summed E-state index contributed by atoms with van der Waals surface area (Å²) in [5.41, 5.74) is 0. The summed E-state index contributed by atoms with van der Waals surface area (Å²) in [5.74, 6) is -1.77. The Kier molecular flexibility index (Phi) is 28.3. The van der Waals surface area contributed by atoms with Gasteiger partial charge >= 0.3 is 11.9 Å². The van der Waals surface area contributed by atoms with Crippen LogP contribution in [0, 0.1) is 0 Å². The Hall–Kier alpha value is -2.45. The number of hydrogen-bond acceptors (Lipinski definition) is 7. The van der Waals surface area contributed by atoms with Gasteiger partial charge in [-0.05, 0) is 44.9 Å². The van der Waals surface area contributed by atoms with Gasteiger partial charge in [-0.3, -0.25) is 9.59 Å². The van der Waals surface area contributed by atoms with Crippen molar-refractivity contribution in [3.8, 4) is 0 Å². The summed E-state index contributed by atoms with van der Waals surface area (Å²) in [6.45, 7) is 4.43. The van der Waals surface area contributed by atoms with Gasteiger partial charge in [0, 0.05) is 19.3 Å². The van der Waals surface area contributed by atoms with Crippen molar-refractivity contribution >= 4 is 17.9 Å². The molecule has 8 nitrogen and oxygen atoms in total. The predicted molar refractivity (Wildman–Crippen MR) is 185 cm³/mol. The Morgan fingerprint density at radius 3 is 1.80 bits per heavy atom. The molecule has 0 aromatic rings. The number of esters is 2. The molecule has 0 aliphatic rings. The number of carboxylic acid groups (broad SMARTS) is 1. The summed E-state index contributed by atoms with van der Waals surface area (Å²) in [7, 11) is 5.38. The number of unbranched alkanes of at least 4 members (excludes halogenated alkanes) is 11. The number of hydrogen-bond donors (Lipinski definition) is 0. The van der Waals surface area contributed by atoms with Crippen LogP contribution >= 0.6 is 0 Å². The quantitative estimate of drug-likeness (QED) is 0.0334. The zero-order valence-corrected chi connectivity index (χ0v) is 30.0. The van der Waals surface area contributed by atoms with Crippen molar-refractivity contribution in [2.45, 2.75) is 148 Å². The van der Waals surface area contributed by atoms with Crippen LogP contribution in [-0.4, -0.2) is 75.5 Å². The van der Waals surface area contributed by atoms with Crippen LogP contribution in [0.2, 0.25) is 0 Å². The molecule has 0 heterocycles. The fourth-order valence-corrected chi connectivity index (χ4v) is 4.97. The standard InChI is InChI=1S/C38H67NO7/c1-6-8-10-12-13-14-15-16-17-18-19-20-21-22-23-25-27-29-37(41)46-34(33-45-36(40)28-26-24-11-9-7-2)32-44-31-30-35(38(42)43)39(3,4)5/h8,10,13-14,16-17,34-35H,6-7,9,11-12,15,18-33H2,1-5H3/b10-8-,14-13-,17-16-. The highest BCUT2D eigenvalue weighted by Crippen LogP contribution is 2.13. The van der Waals surface area contributed by atoms with E-state index in [-0.39, 0.29) is 42.7 Å². The van der Waals surface area contributed by atoms with Crippen LogP contribution in [-0.2, 0) is 28.6 Å². The second-order valence-corrected chi connectivity index (χ2v) is 13.1. The van der Waals surface area contributed by atoms with Crippen LogP contribution in [0.5, 0.6) is 0 Å². The van der Waals surface area contributed by atoms with Crippen molar-refractivity contribution < 1.29 is 38.2 Å². The molecular formula is C38H67NO7. The lowest BCUT2D eigenvalue weighted by Gasteiger charge is -2.34. The number of carboxylic acids is 1. The molecule has 46 heavy (non-hydrogen) atoms. The minimum atomic E-state index is -1.13. The molecule has 266 valence electrons. The lowest BCUT2D eigenvalue weighted by atomic mass is 10.1. The largest absolute Gasteiger partial charge is 0.544 e. The lowest BCUT2D eigenvalue weighted by Crippen LogP contribution is -2.55. The monoisotopic (exact) mass is 649 g/mol. The number of carbonyl (C=O) groups is 3. The van der Waals surface area contributed by atoms with E-state index in [9.17, 15) is 19.5 Å². The predicted octanol–water partition coefficient (Wildman–Crippen LogP) is 7.40. The first-order chi connectivity index (χ1) is 22.1. The topological polar surface area (TPSA) is 102 Å². The first kappa shape index (κ1) is 43.5. The van der Waals surface area contributed by atoms with E-state index in [2.05, 4.69) is 50.3 Å². The fourth-order valence-electron chi connectivity index (χ4n) is 4.97. The molecule has 0 aromatic heterocycles. The summed E-state index contributed by atoms with van der Waals surface area (Å²) in [4.78, 5) is 36.3. The number of nitrogens with zero attached hydrogens (tertiary/aromatic N) is 1. The average Bonchev–Trinajstić information content (AvgIpc) is 3.00. The lowest BCUT2D eigenvalue weighted by molar-refractivity contribution is -0.889. The molecule has 2 unspecified atom stereocenters. The van der Waals surface area contributed by atoms with Gasteiger partial charge in [0.15, 0.2) is 6.10 Å². The van der Waals surface area contributed by atoms with Crippen molar-refractivity contribution in [3.05, 3.63) is 36.5 Å². The van der Waals surface area contributed by atoms with E-state index in [1.165, 1.54) is 19.3 Å². The Labute approximate surface area is 281 Å². The van der Waals surface area contributed by atoms with Crippen molar-refractivity contribution in [2.75, 3.05) is 41.0 Å². The van der Waals surface area contributed by atoms with Crippen molar-refractivity contribution in [1.82, 2.24) is 0 Å². The maximum absolute atomic E-state index is 12.6. The third kappa shape index (κ3) is 27.8. The first-order valence-electron chi connectivity index (χ1n) is 18.0. The van der Waals surface area contributed by atoms with Crippen LogP contribution in [0.25, 0.3) is 0 Å². The van der Waals surface area contributed by atoms with Crippen LogP contribution in [0.4, 0.5) is 0 Å². The second kappa shape index (κ2) is 29.9. The number of carbonyl (C=O) groups excluding carboxylic acids is 3. The van der Waals surface area contributed by atoms with Gasteiger partial charge in [-0.2, -0.15) is 0 Å². The third-order valence-electron chi connectivity index (χ3n) is 7.79. The summed E-state index contributed by atoms with van der Waals surface area (Å²) in [6.07, 6.45) is 30.6. The van der Waals surface area contributed by atoms with Gasteiger partial charge in [-0.1, -0.05) is 108 Å². The molecule has 0 amide bonds. The molecule has 0 saturated carbocycles. The van der Waals surface area contributed by atoms with E-state index >= 15 is 0 Å². The molecule has 0 aliphatic carbocycles. The molecule has 0 spiro atoms. The fraction of sp³-hybridized carbons (Fsp3) is 0.763. The van der Waals surface area contributed by atoms with E-state index < -0.39 is 18.1 Å². The van der Waals surface area contributed by atoms with Gasteiger partial charge in [-0.15, -0.1) is 0 Å². The first-order valence-corrected chi connectivity index (χ1v) is 18.0. The molecule has 0 fully saturated rings. The van der Waals surface area contributed by atoms with Crippen LogP contribution in [0.1, 0.15) is 136 Å². The molecule has 0 saturated heterocycles. The molecule has 0 radical (unpaired) electrons. The SMILES string of the molecule is CC/C=C\C/C=C\C/C=C\CCCCCCCCCC(=O)OC(COCCC(C(=O)[O-])[N+](C)(C)C)COC(=O)CCCCCCC. The van der Waals surface area contributed by atoms with Crippen molar-refractivity contribution in [1.29, 1.82) is 0 Å². The summed E-state index contributed by atoms with van der Waals surface area (Å²) >= 11 is 0. The van der Waals surface area contributed by atoms with Crippen molar-refractivity contribution in [3.63, 3.8) is 0 Å². The zero-order valence-electron chi connectivity index (χ0n) is 30.0. The number of likely N-dealkylation sites (N-methyl/N-ethyl adjacent to an activating group) is 1. The zero-order chi connectivity index (χ0) is 34.3. The third-order valence-corrected chi connectivity index (χ3v) is 7.79. The van der Waals surface area contributed by atoms with E-state index in [1.807, 2.05) is 0 Å². The van der Waals surface area contributed by atoms with Crippen LogP contribution in [0.15, 0.2) is 36.5 Å². The highest BCUT2D eigenvalue weighted by atomic mass is 16.6. The Balaban J connectivity index is 4.33. The van der Waals surface area contributed by atoms with E-state index in [1.54, 1.807) is 21.1 Å². The minimum absolute atomic E-state index is 0.0367. The number of rotatable bonds is 31. The summed E-state index contributed by atoms with van der Waals surface area (Å²) < 4.78 is 16.9. The van der Waals surface area contributed by atoms with Gasteiger partial charge in [0.25, 0.3) is 0 Å². The van der Waals surface area contributed by atoms with Gasteiger partial charge in [0.05, 0.1) is 40.3 Å².